The highest BCUT2D eigenvalue weighted by Crippen LogP contribution is 2.31. The second-order valence-corrected chi connectivity index (χ2v) is 6.75. The summed E-state index contributed by atoms with van der Waals surface area (Å²) in [5.41, 5.74) is 2.97. The van der Waals surface area contributed by atoms with Gasteiger partial charge in [0.05, 0.1) is 6.04 Å². The number of oxazole rings is 1. The molecule has 2 aromatic carbocycles. The number of rotatable bonds is 4. The van der Waals surface area contributed by atoms with Crippen LogP contribution in [0.2, 0.25) is 0 Å². The summed E-state index contributed by atoms with van der Waals surface area (Å²) in [5, 5.41) is 9.29. The summed E-state index contributed by atoms with van der Waals surface area (Å²) in [5.74, 6) is 1.14. The van der Waals surface area contributed by atoms with Gasteiger partial charge in [-0.25, -0.2) is 4.98 Å². The Hall–Kier alpha value is -3.10. The van der Waals surface area contributed by atoms with Crippen molar-refractivity contribution in [1.82, 2.24) is 9.88 Å². The maximum atomic E-state index is 9.29. The first-order chi connectivity index (χ1) is 13.3. The van der Waals surface area contributed by atoms with Gasteiger partial charge in [0.25, 0.3) is 0 Å². The molecule has 0 spiro atoms. The van der Waals surface area contributed by atoms with Gasteiger partial charge in [0.15, 0.2) is 5.89 Å². The van der Waals surface area contributed by atoms with Gasteiger partial charge in [-0.05, 0) is 11.1 Å². The van der Waals surface area contributed by atoms with Crippen molar-refractivity contribution < 1.29 is 4.42 Å². The monoisotopic (exact) mass is 358 g/mol. The quantitative estimate of drug-likeness (QED) is 0.711. The molecule has 136 valence electrons. The number of nitriles is 1. The van der Waals surface area contributed by atoms with E-state index in [1.165, 1.54) is 11.1 Å². The lowest BCUT2D eigenvalue weighted by Gasteiger charge is -2.39. The van der Waals surface area contributed by atoms with E-state index in [0.29, 0.717) is 17.5 Å². The van der Waals surface area contributed by atoms with Crippen molar-refractivity contribution in [3.05, 3.63) is 83.4 Å². The smallest absolute Gasteiger partial charge is 0.234 e. The van der Waals surface area contributed by atoms with Crippen molar-refractivity contribution >= 4 is 5.88 Å². The minimum Gasteiger partial charge on any atom is -0.424 e. The first kappa shape index (κ1) is 17.3. The molecule has 2 heterocycles. The molecule has 1 saturated heterocycles. The maximum Gasteiger partial charge on any atom is 0.234 e. The minimum absolute atomic E-state index is 0.224. The van der Waals surface area contributed by atoms with Crippen LogP contribution in [0.1, 0.15) is 28.8 Å². The number of nitrogens with zero attached hydrogens (tertiary/aromatic N) is 4. The van der Waals surface area contributed by atoms with E-state index in [9.17, 15) is 5.26 Å². The zero-order valence-corrected chi connectivity index (χ0v) is 15.4. The molecule has 5 heteroatoms. The highest BCUT2D eigenvalue weighted by molar-refractivity contribution is 5.48. The van der Waals surface area contributed by atoms with E-state index in [0.717, 1.165) is 26.2 Å². The largest absolute Gasteiger partial charge is 0.424 e. The molecule has 3 aromatic rings. The van der Waals surface area contributed by atoms with Crippen LogP contribution in [0.3, 0.4) is 0 Å². The van der Waals surface area contributed by atoms with Gasteiger partial charge in [0.2, 0.25) is 11.6 Å². The van der Waals surface area contributed by atoms with Crippen molar-refractivity contribution in [2.75, 3.05) is 31.1 Å². The predicted molar refractivity (Wildman–Crippen MR) is 104 cm³/mol. The van der Waals surface area contributed by atoms with Gasteiger partial charge in [-0.2, -0.15) is 5.26 Å². The SMILES string of the molecule is Cc1nc(C#N)c(N2CCN(C(c3ccccc3)c3ccccc3)CC2)o1. The Kier molecular flexibility index (Phi) is 4.91. The highest BCUT2D eigenvalue weighted by Gasteiger charge is 2.28. The standard InChI is InChI=1S/C22H22N4O/c1-17-24-20(16-23)22(27-17)26-14-12-25(13-15-26)21(18-8-4-2-5-9-18)19-10-6-3-7-11-19/h2-11,21H,12-15H2,1H3. The average Bonchev–Trinajstić information content (AvgIpc) is 3.11. The van der Waals surface area contributed by atoms with Crippen LogP contribution in [0.4, 0.5) is 5.88 Å². The van der Waals surface area contributed by atoms with Crippen LogP contribution in [0.5, 0.6) is 0 Å². The molecule has 0 radical (unpaired) electrons. The Bertz CT molecular complexity index is 882. The number of hydrogen-bond acceptors (Lipinski definition) is 5. The summed E-state index contributed by atoms with van der Waals surface area (Å²) in [6, 6.07) is 23.6. The van der Waals surface area contributed by atoms with Gasteiger partial charge in [-0.3, -0.25) is 4.90 Å². The number of aryl methyl sites for hydroxylation is 1. The van der Waals surface area contributed by atoms with Crippen molar-refractivity contribution in [3.63, 3.8) is 0 Å². The van der Waals surface area contributed by atoms with Crippen molar-refractivity contribution in [2.24, 2.45) is 0 Å². The van der Waals surface area contributed by atoms with E-state index in [4.69, 9.17) is 4.42 Å². The fraction of sp³-hybridized carbons (Fsp3) is 0.273. The van der Waals surface area contributed by atoms with Gasteiger partial charge in [-0.1, -0.05) is 60.7 Å². The second kappa shape index (κ2) is 7.65. The zero-order chi connectivity index (χ0) is 18.6. The molecule has 0 N–H and O–H groups in total. The third kappa shape index (κ3) is 3.57. The van der Waals surface area contributed by atoms with Crippen molar-refractivity contribution in [1.29, 1.82) is 5.26 Å². The molecule has 0 unspecified atom stereocenters. The van der Waals surface area contributed by atoms with Crippen LogP contribution in [0, 0.1) is 18.3 Å². The third-order valence-electron chi connectivity index (χ3n) is 5.02. The van der Waals surface area contributed by atoms with E-state index in [2.05, 4.69) is 81.5 Å². The average molecular weight is 358 g/mol. The lowest BCUT2D eigenvalue weighted by atomic mass is 9.96. The molecule has 0 aliphatic carbocycles. The molecule has 0 atom stereocenters. The molecule has 1 aliphatic rings. The Balaban J connectivity index is 1.56. The zero-order valence-electron chi connectivity index (χ0n) is 15.4. The number of benzene rings is 2. The van der Waals surface area contributed by atoms with Crippen LogP contribution in [0.15, 0.2) is 65.1 Å². The minimum atomic E-state index is 0.224. The fourth-order valence-corrected chi connectivity index (χ4v) is 3.77. The van der Waals surface area contributed by atoms with Crippen LogP contribution in [-0.4, -0.2) is 36.1 Å². The molecule has 4 rings (SSSR count). The maximum absolute atomic E-state index is 9.29. The summed E-state index contributed by atoms with van der Waals surface area (Å²) in [4.78, 5) is 8.79. The second-order valence-electron chi connectivity index (χ2n) is 6.75. The molecule has 1 aliphatic heterocycles. The molecular weight excluding hydrogens is 336 g/mol. The lowest BCUT2D eigenvalue weighted by Crippen LogP contribution is -2.48. The van der Waals surface area contributed by atoms with Crippen LogP contribution >= 0.6 is 0 Å². The number of hydrogen-bond donors (Lipinski definition) is 0. The summed E-state index contributed by atoms with van der Waals surface area (Å²) >= 11 is 0. The number of piperazine rings is 1. The fourth-order valence-electron chi connectivity index (χ4n) is 3.77. The van der Waals surface area contributed by atoms with E-state index in [-0.39, 0.29) is 6.04 Å². The Labute approximate surface area is 159 Å². The van der Waals surface area contributed by atoms with E-state index in [1.807, 2.05) is 0 Å². The molecule has 0 saturated carbocycles. The van der Waals surface area contributed by atoms with Crippen molar-refractivity contribution in [2.45, 2.75) is 13.0 Å². The molecule has 5 nitrogen and oxygen atoms in total. The van der Waals surface area contributed by atoms with E-state index >= 15 is 0 Å². The molecular formula is C22H22N4O. The number of aromatic nitrogens is 1. The van der Waals surface area contributed by atoms with Crippen molar-refractivity contribution in [3.8, 4) is 6.07 Å². The topological polar surface area (TPSA) is 56.3 Å². The molecule has 0 amide bonds. The Morgan fingerprint density at radius 2 is 1.48 bits per heavy atom. The first-order valence-electron chi connectivity index (χ1n) is 9.22. The summed E-state index contributed by atoms with van der Waals surface area (Å²) < 4.78 is 5.68. The third-order valence-corrected chi connectivity index (χ3v) is 5.02. The van der Waals surface area contributed by atoms with E-state index in [1.54, 1.807) is 6.92 Å². The molecule has 1 fully saturated rings. The highest BCUT2D eigenvalue weighted by atomic mass is 16.4. The predicted octanol–water partition coefficient (Wildman–Crippen LogP) is 3.77. The van der Waals surface area contributed by atoms with Gasteiger partial charge in [0.1, 0.15) is 6.07 Å². The van der Waals surface area contributed by atoms with Gasteiger partial charge < -0.3 is 9.32 Å². The normalized spacial score (nSPS) is 15.1. The van der Waals surface area contributed by atoms with Crippen LogP contribution < -0.4 is 4.90 Å². The Morgan fingerprint density at radius 1 is 0.926 bits per heavy atom. The van der Waals surface area contributed by atoms with Gasteiger partial charge >= 0.3 is 0 Å². The number of anilines is 1. The molecule has 0 bridgehead atoms. The summed E-state index contributed by atoms with van der Waals surface area (Å²) in [6.45, 7) is 5.17. The summed E-state index contributed by atoms with van der Waals surface area (Å²) in [6.07, 6.45) is 0. The molecule has 27 heavy (non-hydrogen) atoms. The van der Waals surface area contributed by atoms with Gasteiger partial charge in [0, 0.05) is 33.1 Å². The Morgan fingerprint density at radius 3 is 2.00 bits per heavy atom. The van der Waals surface area contributed by atoms with Gasteiger partial charge in [-0.15, -0.1) is 0 Å². The van der Waals surface area contributed by atoms with Crippen LogP contribution in [0.25, 0.3) is 0 Å². The summed E-state index contributed by atoms with van der Waals surface area (Å²) in [7, 11) is 0. The van der Waals surface area contributed by atoms with E-state index < -0.39 is 0 Å². The molecule has 1 aromatic heterocycles. The van der Waals surface area contributed by atoms with Crippen LogP contribution in [-0.2, 0) is 0 Å². The lowest BCUT2D eigenvalue weighted by molar-refractivity contribution is 0.209. The first-order valence-corrected chi connectivity index (χ1v) is 9.22.